The molecule has 0 unspecified atom stereocenters. The van der Waals surface area contributed by atoms with Crippen LogP contribution in [0, 0.1) is 0 Å². The number of benzene rings is 1. The zero-order valence-corrected chi connectivity index (χ0v) is 10.4. The lowest BCUT2D eigenvalue weighted by Crippen LogP contribution is -2.05. The Morgan fingerprint density at radius 3 is 2.89 bits per heavy atom. The molecule has 1 aromatic heterocycles. The van der Waals surface area contributed by atoms with Crippen molar-refractivity contribution in [3.05, 3.63) is 30.5 Å². The standard InChI is InChI=1S/C14H19N3O/c15-12-6-4-5-11-7-9-17-14(13(11)12)16-8-2-1-3-10-18/h4-7,9,18H,1-3,8,10,15H2,(H,16,17). The fourth-order valence-corrected chi connectivity index (χ4v) is 2.01. The van der Waals surface area contributed by atoms with Crippen molar-refractivity contribution in [1.82, 2.24) is 4.98 Å². The summed E-state index contributed by atoms with van der Waals surface area (Å²) in [5.74, 6) is 0.842. The monoisotopic (exact) mass is 245 g/mol. The van der Waals surface area contributed by atoms with Gasteiger partial charge in [-0.15, -0.1) is 0 Å². The van der Waals surface area contributed by atoms with Gasteiger partial charge in [0.1, 0.15) is 5.82 Å². The van der Waals surface area contributed by atoms with Gasteiger partial charge in [-0.3, -0.25) is 0 Å². The van der Waals surface area contributed by atoms with Crippen LogP contribution in [0.4, 0.5) is 11.5 Å². The predicted octanol–water partition coefficient (Wildman–Crippen LogP) is 2.39. The van der Waals surface area contributed by atoms with Gasteiger partial charge in [-0.1, -0.05) is 12.1 Å². The molecule has 0 amide bonds. The molecule has 0 bridgehead atoms. The third-order valence-corrected chi connectivity index (χ3v) is 2.95. The highest BCUT2D eigenvalue weighted by Crippen LogP contribution is 2.26. The van der Waals surface area contributed by atoms with Crippen molar-refractivity contribution < 1.29 is 5.11 Å². The number of nitrogens with one attached hydrogen (secondary N) is 1. The van der Waals surface area contributed by atoms with E-state index in [4.69, 9.17) is 10.8 Å². The predicted molar refractivity (Wildman–Crippen MR) is 75.6 cm³/mol. The molecule has 0 aliphatic heterocycles. The topological polar surface area (TPSA) is 71.2 Å². The van der Waals surface area contributed by atoms with Crippen molar-refractivity contribution in [2.45, 2.75) is 19.3 Å². The van der Waals surface area contributed by atoms with Crippen molar-refractivity contribution in [3.8, 4) is 0 Å². The maximum absolute atomic E-state index is 8.71. The number of rotatable bonds is 6. The second-order valence-electron chi connectivity index (χ2n) is 4.32. The average molecular weight is 245 g/mol. The van der Waals surface area contributed by atoms with Gasteiger partial charge in [0.25, 0.3) is 0 Å². The number of aromatic nitrogens is 1. The van der Waals surface area contributed by atoms with Gasteiger partial charge >= 0.3 is 0 Å². The molecule has 4 N–H and O–H groups in total. The molecule has 1 aromatic carbocycles. The molecule has 18 heavy (non-hydrogen) atoms. The lowest BCUT2D eigenvalue weighted by molar-refractivity contribution is 0.283. The Balaban J connectivity index is 2.08. The number of anilines is 2. The van der Waals surface area contributed by atoms with Gasteiger partial charge < -0.3 is 16.2 Å². The minimum absolute atomic E-state index is 0.263. The van der Waals surface area contributed by atoms with Crippen LogP contribution < -0.4 is 11.1 Å². The van der Waals surface area contributed by atoms with Crippen LogP contribution in [0.25, 0.3) is 10.8 Å². The molecule has 2 aromatic rings. The zero-order valence-electron chi connectivity index (χ0n) is 10.4. The molecule has 0 saturated heterocycles. The van der Waals surface area contributed by atoms with Crippen molar-refractivity contribution >= 4 is 22.3 Å². The summed E-state index contributed by atoms with van der Waals surface area (Å²) >= 11 is 0. The van der Waals surface area contributed by atoms with E-state index < -0.39 is 0 Å². The number of fused-ring (bicyclic) bond motifs is 1. The van der Waals surface area contributed by atoms with Gasteiger partial charge in [0, 0.05) is 30.4 Å². The van der Waals surface area contributed by atoms with E-state index in [1.165, 1.54) is 0 Å². The van der Waals surface area contributed by atoms with E-state index in [1.54, 1.807) is 6.20 Å². The molecule has 0 spiro atoms. The summed E-state index contributed by atoms with van der Waals surface area (Å²) in [6.45, 7) is 1.11. The van der Waals surface area contributed by atoms with E-state index >= 15 is 0 Å². The Labute approximate surface area is 107 Å². The van der Waals surface area contributed by atoms with Crippen molar-refractivity contribution in [1.29, 1.82) is 0 Å². The zero-order chi connectivity index (χ0) is 12.8. The number of pyridine rings is 1. The average Bonchev–Trinajstić information content (AvgIpc) is 2.39. The maximum atomic E-state index is 8.71. The van der Waals surface area contributed by atoms with Gasteiger partial charge in [-0.05, 0) is 36.8 Å². The van der Waals surface area contributed by atoms with Gasteiger partial charge in [0.15, 0.2) is 0 Å². The van der Waals surface area contributed by atoms with Crippen LogP contribution in [-0.2, 0) is 0 Å². The molecule has 0 aliphatic rings. The van der Waals surface area contributed by atoms with E-state index in [2.05, 4.69) is 10.3 Å². The number of aliphatic hydroxyl groups is 1. The second-order valence-corrected chi connectivity index (χ2v) is 4.32. The lowest BCUT2D eigenvalue weighted by atomic mass is 10.1. The molecule has 0 atom stereocenters. The molecular weight excluding hydrogens is 226 g/mol. The minimum Gasteiger partial charge on any atom is -0.398 e. The van der Waals surface area contributed by atoms with E-state index in [9.17, 15) is 0 Å². The first-order valence-corrected chi connectivity index (χ1v) is 6.31. The van der Waals surface area contributed by atoms with Crippen LogP contribution in [0.15, 0.2) is 30.5 Å². The molecule has 1 heterocycles. The smallest absolute Gasteiger partial charge is 0.135 e. The van der Waals surface area contributed by atoms with Crippen LogP contribution >= 0.6 is 0 Å². The summed E-state index contributed by atoms with van der Waals surface area (Å²) in [6, 6.07) is 7.83. The molecule has 0 saturated carbocycles. The first-order valence-electron chi connectivity index (χ1n) is 6.31. The molecule has 96 valence electrons. The molecule has 4 nitrogen and oxygen atoms in total. The van der Waals surface area contributed by atoms with Crippen LogP contribution in [0.1, 0.15) is 19.3 Å². The highest BCUT2D eigenvalue weighted by molar-refractivity contribution is 6.00. The SMILES string of the molecule is Nc1cccc2ccnc(NCCCCCO)c12. The molecular formula is C14H19N3O. The van der Waals surface area contributed by atoms with E-state index in [0.717, 1.165) is 48.1 Å². The van der Waals surface area contributed by atoms with E-state index in [0.29, 0.717) is 0 Å². The lowest BCUT2D eigenvalue weighted by Gasteiger charge is -2.10. The Kier molecular flexibility index (Phi) is 4.36. The van der Waals surface area contributed by atoms with E-state index in [1.807, 2.05) is 24.3 Å². The molecule has 0 fully saturated rings. The molecule has 4 heteroatoms. The number of unbranched alkanes of at least 4 members (excludes halogenated alkanes) is 2. The summed E-state index contributed by atoms with van der Waals surface area (Å²) in [5.41, 5.74) is 6.74. The first kappa shape index (κ1) is 12.6. The third kappa shape index (κ3) is 2.90. The highest BCUT2D eigenvalue weighted by Gasteiger charge is 2.04. The van der Waals surface area contributed by atoms with Gasteiger partial charge in [0.05, 0.1) is 0 Å². The summed E-state index contributed by atoms with van der Waals surface area (Å²) in [7, 11) is 0. The quantitative estimate of drug-likeness (QED) is 0.540. The Bertz CT molecular complexity index is 508. The van der Waals surface area contributed by atoms with Gasteiger partial charge in [-0.2, -0.15) is 0 Å². The highest BCUT2D eigenvalue weighted by atomic mass is 16.2. The van der Waals surface area contributed by atoms with Crippen LogP contribution in [0.5, 0.6) is 0 Å². The number of hydrogen-bond donors (Lipinski definition) is 3. The largest absolute Gasteiger partial charge is 0.398 e. The normalized spacial score (nSPS) is 10.7. The van der Waals surface area contributed by atoms with Crippen LogP contribution in [0.2, 0.25) is 0 Å². The number of nitrogens with two attached hydrogens (primary N) is 1. The second kappa shape index (κ2) is 6.21. The fourth-order valence-electron chi connectivity index (χ4n) is 2.01. The molecule has 0 aliphatic carbocycles. The fraction of sp³-hybridized carbons (Fsp3) is 0.357. The van der Waals surface area contributed by atoms with Crippen molar-refractivity contribution in [2.75, 3.05) is 24.2 Å². The van der Waals surface area contributed by atoms with Crippen molar-refractivity contribution in [2.24, 2.45) is 0 Å². The Hall–Kier alpha value is -1.81. The number of nitrogen functional groups attached to an aromatic ring is 1. The summed E-state index contributed by atoms with van der Waals surface area (Å²) < 4.78 is 0. The summed E-state index contributed by atoms with van der Waals surface area (Å²) in [6.07, 6.45) is 4.68. The van der Waals surface area contributed by atoms with Crippen molar-refractivity contribution in [3.63, 3.8) is 0 Å². The number of nitrogens with zero attached hydrogens (tertiary/aromatic N) is 1. The minimum atomic E-state index is 0.263. The number of hydrogen-bond acceptors (Lipinski definition) is 4. The van der Waals surface area contributed by atoms with Crippen LogP contribution in [-0.4, -0.2) is 23.2 Å². The summed E-state index contributed by atoms with van der Waals surface area (Å²) in [5, 5.41) is 14.1. The summed E-state index contributed by atoms with van der Waals surface area (Å²) in [4.78, 5) is 4.35. The Morgan fingerprint density at radius 2 is 2.06 bits per heavy atom. The molecule has 2 rings (SSSR count). The molecule has 0 radical (unpaired) electrons. The first-order chi connectivity index (χ1) is 8.83. The third-order valence-electron chi connectivity index (χ3n) is 2.95. The Morgan fingerprint density at radius 1 is 1.17 bits per heavy atom. The maximum Gasteiger partial charge on any atom is 0.135 e. The number of aliphatic hydroxyl groups excluding tert-OH is 1. The van der Waals surface area contributed by atoms with Gasteiger partial charge in [-0.25, -0.2) is 4.98 Å². The van der Waals surface area contributed by atoms with Gasteiger partial charge in [0.2, 0.25) is 0 Å². The van der Waals surface area contributed by atoms with Crippen LogP contribution in [0.3, 0.4) is 0 Å². The van der Waals surface area contributed by atoms with E-state index in [-0.39, 0.29) is 6.61 Å².